The molecule has 24 heavy (non-hydrogen) atoms. The van der Waals surface area contributed by atoms with Crippen molar-refractivity contribution in [2.75, 3.05) is 44.0 Å². The maximum Gasteiger partial charge on any atom is 0.242 e. The summed E-state index contributed by atoms with van der Waals surface area (Å²) in [7, 11) is 1.73. The van der Waals surface area contributed by atoms with Crippen molar-refractivity contribution in [3.8, 4) is 0 Å². The van der Waals surface area contributed by atoms with Crippen LogP contribution in [0.15, 0.2) is 29.2 Å². The van der Waals surface area contributed by atoms with Gasteiger partial charge in [-0.05, 0) is 37.3 Å². The van der Waals surface area contributed by atoms with Crippen molar-refractivity contribution in [3.63, 3.8) is 0 Å². The highest BCUT2D eigenvalue weighted by molar-refractivity contribution is 8.00. The minimum absolute atomic E-state index is 0.0158. The Morgan fingerprint density at radius 2 is 2.04 bits per heavy atom. The summed E-state index contributed by atoms with van der Waals surface area (Å²) in [6, 6.07) is 7.80. The van der Waals surface area contributed by atoms with Crippen LogP contribution in [0, 0.1) is 5.92 Å². The van der Waals surface area contributed by atoms with Gasteiger partial charge in [0.05, 0.1) is 11.4 Å². The van der Waals surface area contributed by atoms with Gasteiger partial charge in [0.1, 0.15) is 6.54 Å². The van der Waals surface area contributed by atoms with Crippen molar-refractivity contribution in [2.45, 2.75) is 24.2 Å². The Morgan fingerprint density at radius 1 is 1.29 bits per heavy atom. The Hall–Kier alpha value is -1.53. The summed E-state index contributed by atoms with van der Waals surface area (Å²) < 4.78 is 5.14. The van der Waals surface area contributed by atoms with E-state index in [9.17, 15) is 9.59 Å². The lowest BCUT2D eigenvalue weighted by Crippen LogP contribution is -2.47. The van der Waals surface area contributed by atoms with E-state index in [1.54, 1.807) is 23.8 Å². The molecular weight excluding hydrogens is 324 g/mol. The minimum atomic E-state index is 0.0158. The first kappa shape index (κ1) is 17.3. The Labute approximate surface area is 147 Å². The lowest BCUT2D eigenvalue weighted by Gasteiger charge is -2.34. The molecule has 2 heterocycles. The van der Waals surface area contributed by atoms with E-state index in [-0.39, 0.29) is 18.4 Å². The number of ether oxygens (including phenoxy) is 1. The second kappa shape index (κ2) is 8.03. The predicted molar refractivity (Wildman–Crippen MR) is 95.3 cm³/mol. The number of para-hydroxylation sites is 1. The van der Waals surface area contributed by atoms with Crippen LogP contribution < -0.4 is 4.90 Å². The third-order valence-corrected chi connectivity index (χ3v) is 5.85. The van der Waals surface area contributed by atoms with Crippen LogP contribution in [0.4, 0.5) is 5.69 Å². The zero-order valence-corrected chi connectivity index (χ0v) is 14.9. The number of amides is 2. The lowest BCUT2D eigenvalue weighted by atomic mass is 9.94. The van der Waals surface area contributed by atoms with Crippen LogP contribution >= 0.6 is 11.8 Å². The quantitative estimate of drug-likeness (QED) is 0.820. The van der Waals surface area contributed by atoms with Gasteiger partial charge >= 0.3 is 0 Å². The number of nitrogens with zero attached hydrogens (tertiary/aromatic N) is 2. The van der Waals surface area contributed by atoms with Gasteiger partial charge in [-0.3, -0.25) is 9.59 Å². The van der Waals surface area contributed by atoms with Gasteiger partial charge in [0.25, 0.3) is 0 Å². The van der Waals surface area contributed by atoms with Crippen molar-refractivity contribution in [3.05, 3.63) is 24.3 Å². The van der Waals surface area contributed by atoms with Crippen molar-refractivity contribution < 1.29 is 14.3 Å². The molecule has 130 valence electrons. The standard InChI is InChI=1S/C18H24N2O3S/c1-23-11-8-14-6-9-19(10-7-14)17(21)12-20-15-4-2-3-5-16(15)24-13-18(20)22/h2-5,14H,6-13H2,1H3. The molecule has 6 heteroatoms. The van der Waals surface area contributed by atoms with Crippen molar-refractivity contribution >= 4 is 29.3 Å². The number of anilines is 1. The molecule has 2 amide bonds. The molecule has 2 aliphatic heterocycles. The first-order valence-corrected chi connectivity index (χ1v) is 9.46. The van der Waals surface area contributed by atoms with Gasteiger partial charge in [0.2, 0.25) is 11.8 Å². The molecular formula is C18H24N2O3S. The number of carbonyl (C=O) groups is 2. The number of carbonyl (C=O) groups excluding carboxylic acids is 2. The highest BCUT2D eigenvalue weighted by Gasteiger charge is 2.29. The van der Waals surface area contributed by atoms with Crippen LogP contribution in [0.5, 0.6) is 0 Å². The van der Waals surface area contributed by atoms with E-state index in [1.165, 1.54) is 0 Å². The summed E-state index contributed by atoms with van der Waals surface area (Å²) in [4.78, 5) is 29.5. The molecule has 0 N–H and O–H groups in total. The fraction of sp³-hybridized carbons (Fsp3) is 0.556. The molecule has 2 aliphatic rings. The molecule has 1 fully saturated rings. The van der Waals surface area contributed by atoms with Crippen molar-refractivity contribution in [2.24, 2.45) is 5.92 Å². The summed E-state index contributed by atoms with van der Waals surface area (Å²) in [5.41, 5.74) is 0.863. The smallest absolute Gasteiger partial charge is 0.242 e. The molecule has 0 aliphatic carbocycles. The summed E-state index contributed by atoms with van der Waals surface area (Å²) in [5, 5.41) is 0. The average molecular weight is 348 g/mol. The normalized spacial score (nSPS) is 18.6. The Bertz CT molecular complexity index is 600. The third-order valence-electron chi connectivity index (χ3n) is 4.80. The molecule has 1 saturated heterocycles. The second-order valence-corrected chi connectivity index (χ2v) is 7.36. The molecule has 0 unspecified atom stereocenters. The fourth-order valence-corrected chi connectivity index (χ4v) is 4.25. The van der Waals surface area contributed by atoms with Crippen LogP contribution in [-0.4, -0.2) is 55.8 Å². The summed E-state index contributed by atoms with van der Waals surface area (Å²) in [5.74, 6) is 1.11. The minimum Gasteiger partial charge on any atom is -0.385 e. The van der Waals surface area contributed by atoms with E-state index >= 15 is 0 Å². The first-order chi connectivity index (χ1) is 11.7. The molecule has 1 aromatic carbocycles. The molecule has 5 nitrogen and oxygen atoms in total. The maximum absolute atomic E-state index is 12.6. The third kappa shape index (κ3) is 3.92. The summed E-state index contributed by atoms with van der Waals surface area (Å²) in [6.07, 6.45) is 3.11. The maximum atomic E-state index is 12.6. The second-order valence-electron chi connectivity index (χ2n) is 6.34. The number of piperidine rings is 1. The molecule has 0 bridgehead atoms. The Balaban J connectivity index is 1.58. The number of methoxy groups -OCH3 is 1. The number of likely N-dealkylation sites (tertiary alicyclic amines) is 1. The Kier molecular flexibility index (Phi) is 5.79. The van der Waals surface area contributed by atoms with Crippen LogP contribution in [0.2, 0.25) is 0 Å². The summed E-state index contributed by atoms with van der Waals surface area (Å²) >= 11 is 1.54. The van der Waals surface area contributed by atoms with Crippen molar-refractivity contribution in [1.82, 2.24) is 4.90 Å². The van der Waals surface area contributed by atoms with E-state index in [0.717, 1.165) is 49.5 Å². The van der Waals surface area contributed by atoms with Crippen LogP contribution in [0.3, 0.4) is 0 Å². The number of hydrogen-bond acceptors (Lipinski definition) is 4. The van der Waals surface area contributed by atoms with Crippen molar-refractivity contribution in [1.29, 1.82) is 0 Å². The van der Waals surface area contributed by atoms with Gasteiger partial charge in [-0.1, -0.05) is 12.1 Å². The summed E-state index contributed by atoms with van der Waals surface area (Å²) in [6.45, 7) is 2.51. The number of fused-ring (bicyclic) bond motifs is 1. The average Bonchev–Trinajstić information content (AvgIpc) is 2.62. The first-order valence-electron chi connectivity index (χ1n) is 8.48. The highest BCUT2D eigenvalue weighted by atomic mass is 32.2. The van der Waals surface area contributed by atoms with Crippen LogP contribution in [-0.2, 0) is 14.3 Å². The molecule has 0 atom stereocenters. The van der Waals surface area contributed by atoms with Gasteiger partial charge < -0.3 is 14.5 Å². The number of benzene rings is 1. The van der Waals surface area contributed by atoms with Gasteiger partial charge in [-0.2, -0.15) is 0 Å². The Morgan fingerprint density at radius 3 is 2.79 bits per heavy atom. The van der Waals surface area contributed by atoms with Crippen LogP contribution in [0.1, 0.15) is 19.3 Å². The largest absolute Gasteiger partial charge is 0.385 e. The van der Waals surface area contributed by atoms with Gasteiger partial charge in [-0.25, -0.2) is 0 Å². The SMILES string of the molecule is COCCC1CCN(C(=O)CN2C(=O)CSc3ccccc32)CC1. The monoisotopic (exact) mass is 348 g/mol. The zero-order chi connectivity index (χ0) is 16.9. The molecule has 0 spiro atoms. The van der Waals surface area contributed by atoms with E-state index in [4.69, 9.17) is 4.74 Å². The number of thioether (sulfide) groups is 1. The molecule has 0 radical (unpaired) electrons. The van der Waals surface area contributed by atoms with Gasteiger partial charge in [-0.15, -0.1) is 11.8 Å². The molecule has 0 aromatic heterocycles. The van der Waals surface area contributed by atoms with E-state index in [1.807, 2.05) is 29.2 Å². The van der Waals surface area contributed by atoms with Gasteiger partial charge in [0.15, 0.2) is 0 Å². The van der Waals surface area contributed by atoms with Crippen LogP contribution in [0.25, 0.3) is 0 Å². The number of hydrogen-bond donors (Lipinski definition) is 0. The fourth-order valence-electron chi connectivity index (χ4n) is 3.32. The predicted octanol–water partition coefficient (Wildman–Crippen LogP) is 2.40. The van der Waals surface area contributed by atoms with E-state index in [2.05, 4.69) is 0 Å². The molecule has 1 aromatic rings. The van der Waals surface area contributed by atoms with E-state index < -0.39 is 0 Å². The highest BCUT2D eigenvalue weighted by Crippen LogP contribution is 2.34. The number of rotatable bonds is 5. The molecule has 0 saturated carbocycles. The topological polar surface area (TPSA) is 49.9 Å². The van der Waals surface area contributed by atoms with Gasteiger partial charge in [0, 0.05) is 31.7 Å². The van der Waals surface area contributed by atoms with E-state index in [0.29, 0.717) is 11.7 Å². The molecule has 3 rings (SSSR count). The zero-order valence-electron chi connectivity index (χ0n) is 14.1. The lowest BCUT2D eigenvalue weighted by molar-refractivity contribution is -0.132.